The van der Waals surface area contributed by atoms with Crippen LogP contribution in [0.4, 0.5) is 5.69 Å². The minimum Gasteiger partial charge on any atom is -0.274 e. The van der Waals surface area contributed by atoms with Crippen LogP contribution in [0.2, 0.25) is 0 Å². The van der Waals surface area contributed by atoms with Crippen LogP contribution in [-0.4, -0.2) is 12.2 Å². The molecule has 3 heteroatoms. The van der Waals surface area contributed by atoms with Gasteiger partial charge in [-0.15, -0.1) is 0 Å². The molecule has 0 heterocycles. The van der Waals surface area contributed by atoms with E-state index >= 15 is 0 Å². The van der Waals surface area contributed by atoms with Crippen molar-refractivity contribution in [2.45, 2.75) is 6.92 Å². The van der Waals surface area contributed by atoms with Crippen molar-refractivity contribution in [3.63, 3.8) is 0 Å². The van der Waals surface area contributed by atoms with E-state index in [2.05, 4.69) is 0 Å². The Morgan fingerprint density at radius 3 is 2.33 bits per heavy atom. The number of benzene rings is 1. The van der Waals surface area contributed by atoms with Crippen LogP contribution in [0.1, 0.15) is 6.92 Å². The number of amides is 1. The zero-order valence-electron chi connectivity index (χ0n) is 7.15. The molecule has 0 aliphatic heterocycles. The van der Waals surface area contributed by atoms with Crippen molar-refractivity contribution in [3.05, 3.63) is 30.3 Å². The van der Waals surface area contributed by atoms with Crippen LogP contribution in [0.25, 0.3) is 0 Å². The first-order valence-corrected chi connectivity index (χ1v) is 4.83. The summed E-state index contributed by atoms with van der Waals surface area (Å²) in [6, 6.07) is 9.60. The highest BCUT2D eigenvalue weighted by Gasteiger charge is 2.07. The van der Waals surface area contributed by atoms with E-state index in [1.54, 1.807) is 11.2 Å². The molecule has 0 spiro atoms. The monoisotopic (exact) mass is 181 g/mol. The van der Waals surface area contributed by atoms with Gasteiger partial charge in [-0.1, -0.05) is 18.2 Å². The van der Waals surface area contributed by atoms with Gasteiger partial charge in [-0.25, -0.2) is 0 Å². The van der Waals surface area contributed by atoms with Gasteiger partial charge in [-0.2, -0.15) is 0 Å². The van der Waals surface area contributed by atoms with Gasteiger partial charge in [-0.05, 0) is 24.1 Å². The standard InChI is InChI=1S/C9H11NOS/c1-8(11)10(12-2)9-6-4-3-5-7-9/h3-7H,1-2H3. The van der Waals surface area contributed by atoms with E-state index in [0.717, 1.165) is 5.69 Å². The molecule has 64 valence electrons. The summed E-state index contributed by atoms with van der Waals surface area (Å²) in [6.45, 7) is 1.56. The Hall–Kier alpha value is -0.960. The van der Waals surface area contributed by atoms with Gasteiger partial charge < -0.3 is 0 Å². The van der Waals surface area contributed by atoms with Gasteiger partial charge in [0.25, 0.3) is 0 Å². The molecule has 0 radical (unpaired) electrons. The Bertz CT molecular complexity index is 260. The molecule has 2 nitrogen and oxygen atoms in total. The summed E-state index contributed by atoms with van der Waals surface area (Å²) in [4.78, 5) is 11.1. The second-order valence-corrected chi connectivity index (χ2v) is 3.06. The first-order valence-electron chi connectivity index (χ1n) is 3.65. The predicted octanol–water partition coefficient (Wildman–Crippen LogP) is 2.32. The molecule has 0 bridgehead atoms. The topological polar surface area (TPSA) is 20.3 Å². The highest BCUT2D eigenvalue weighted by Crippen LogP contribution is 2.19. The van der Waals surface area contributed by atoms with E-state index in [4.69, 9.17) is 0 Å². The Kier molecular flexibility index (Phi) is 3.17. The number of hydrogen-bond acceptors (Lipinski definition) is 2. The van der Waals surface area contributed by atoms with E-state index in [0.29, 0.717) is 0 Å². The lowest BCUT2D eigenvalue weighted by atomic mass is 10.3. The van der Waals surface area contributed by atoms with E-state index in [1.165, 1.54) is 11.9 Å². The average molecular weight is 181 g/mol. The molecule has 1 rings (SSSR count). The summed E-state index contributed by atoms with van der Waals surface area (Å²) in [5.41, 5.74) is 0.928. The third-order valence-electron chi connectivity index (χ3n) is 1.46. The first-order chi connectivity index (χ1) is 5.75. The molecular formula is C9H11NOS. The fourth-order valence-corrected chi connectivity index (χ4v) is 1.57. The quantitative estimate of drug-likeness (QED) is 0.652. The van der Waals surface area contributed by atoms with E-state index in [-0.39, 0.29) is 5.91 Å². The molecule has 0 unspecified atom stereocenters. The zero-order chi connectivity index (χ0) is 8.97. The van der Waals surface area contributed by atoms with Crippen molar-refractivity contribution in [2.24, 2.45) is 0 Å². The maximum atomic E-state index is 11.1. The van der Waals surface area contributed by atoms with Crippen molar-refractivity contribution < 1.29 is 4.79 Å². The van der Waals surface area contributed by atoms with Crippen molar-refractivity contribution in [1.29, 1.82) is 0 Å². The van der Waals surface area contributed by atoms with Crippen LogP contribution in [0.3, 0.4) is 0 Å². The SMILES string of the molecule is CSN(C(C)=O)c1ccccc1. The third kappa shape index (κ3) is 2.01. The normalized spacial score (nSPS) is 9.50. The van der Waals surface area contributed by atoms with Gasteiger partial charge in [-0.3, -0.25) is 9.10 Å². The Balaban J connectivity index is 2.88. The maximum Gasteiger partial charge on any atom is 0.233 e. The van der Waals surface area contributed by atoms with Gasteiger partial charge in [0.1, 0.15) is 0 Å². The minimum atomic E-state index is 0.0497. The van der Waals surface area contributed by atoms with Crippen molar-refractivity contribution >= 4 is 23.5 Å². The van der Waals surface area contributed by atoms with Crippen LogP contribution < -0.4 is 4.31 Å². The van der Waals surface area contributed by atoms with Crippen LogP contribution in [0.5, 0.6) is 0 Å². The minimum absolute atomic E-state index is 0.0497. The smallest absolute Gasteiger partial charge is 0.233 e. The van der Waals surface area contributed by atoms with Crippen LogP contribution >= 0.6 is 11.9 Å². The first kappa shape index (κ1) is 9.13. The Morgan fingerprint density at radius 1 is 1.33 bits per heavy atom. The molecule has 0 N–H and O–H groups in total. The molecule has 1 aromatic carbocycles. The van der Waals surface area contributed by atoms with Gasteiger partial charge >= 0.3 is 0 Å². The molecule has 0 fully saturated rings. The molecule has 0 atom stereocenters. The summed E-state index contributed by atoms with van der Waals surface area (Å²) in [6.07, 6.45) is 1.88. The number of carbonyl (C=O) groups excluding carboxylic acids is 1. The molecule has 0 aliphatic carbocycles. The molecule has 0 saturated carbocycles. The summed E-state index contributed by atoms with van der Waals surface area (Å²) in [5.74, 6) is 0.0497. The number of para-hydroxylation sites is 1. The van der Waals surface area contributed by atoms with Gasteiger partial charge in [0, 0.05) is 13.2 Å². The Labute approximate surface area is 76.7 Å². The fraction of sp³-hybridized carbons (Fsp3) is 0.222. The van der Waals surface area contributed by atoms with Crippen LogP contribution in [-0.2, 0) is 4.79 Å². The third-order valence-corrected chi connectivity index (χ3v) is 2.29. The van der Waals surface area contributed by atoms with Crippen LogP contribution in [0.15, 0.2) is 30.3 Å². The van der Waals surface area contributed by atoms with Crippen molar-refractivity contribution in [3.8, 4) is 0 Å². The van der Waals surface area contributed by atoms with Gasteiger partial charge in [0.15, 0.2) is 0 Å². The molecular weight excluding hydrogens is 170 g/mol. The molecule has 0 saturated heterocycles. The fourth-order valence-electron chi connectivity index (χ4n) is 0.979. The van der Waals surface area contributed by atoms with E-state index < -0.39 is 0 Å². The summed E-state index contributed by atoms with van der Waals surface area (Å²) < 4.78 is 1.65. The molecule has 0 aliphatic rings. The van der Waals surface area contributed by atoms with Gasteiger partial charge in [0.2, 0.25) is 5.91 Å². The molecule has 1 aromatic rings. The highest BCUT2D eigenvalue weighted by molar-refractivity contribution is 8.00. The lowest BCUT2D eigenvalue weighted by molar-refractivity contribution is -0.115. The molecule has 1 amide bonds. The number of hydrogen-bond donors (Lipinski definition) is 0. The summed E-state index contributed by atoms with van der Waals surface area (Å²) in [7, 11) is 0. The molecule has 12 heavy (non-hydrogen) atoms. The number of carbonyl (C=O) groups is 1. The average Bonchev–Trinajstić information content (AvgIpc) is 2.07. The second kappa shape index (κ2) is 4.16. The zero-order valence-corrected chi connectivity index (χ0v) is 7.97. The summed E-state index contributed by atoms with van der Waals surface area (Å²) >= 11 is 1.41. The van der Waals surface area contributed by atoms with Crippen molar-refractivity contribution in [2.75, 3.05) is 10.6 Å². The molecule has 0 aromatic heterocycles. The van der Waals surface area contributed by atoms with Crippen molar-refractivity contribution in [1.82, 2.24) is 0 Å². The van der Waals surface area contributed by atoms with E-state index in [9.17, 15) is 4.79 Å². The number of rotatable bonds is 2. The highest BCUT2D eigenvalue weighted by atomic mass is 32.2. The largest absolute Gasteiger partial charge is 0.274 e. The predicted molar refractivity (Wildman–Crippen MR) is 53.1 cm³/mol. The summed E-state index contributed by atoms with van der Waals surface area (Å²) in [5, 5.41) is 0. The van der Waals surface area contributed by atoms with E-state index in [1.807, 2.05) is 36.6 Å². The van der Waals surface area contributed by atoms with Crippen LogP contribution in [0, 0.1) is 0 Å². The lowest BCUT2D eigenvalue weighted by Gasteiger charge is -2.16. The maximum absolute atomic E-state index is 11.1. The lowest BCUT2D eigenvalue weighted by Crippen LogP contribution is -2.19. The number of nitrogens with zero attached hydrogens (tertiary/aromatic N) is 1. The Morgan fingerprint density at radius 2 is 1.92 bits per heavy atom. The second-order valence-electron chi connectivity index (χ2n) is 2.33. The van der Waals surface area contributed by atoms with Gasteiger partial charge in [0.05, 0.1) is 5.69 Å². The number of anilines is 1.